The summed E-state index contributed by atoms with van der Waals surface area (Å²) in [6.45, 7) is -0.362. The van der Waals surface area contributed by atoms with Crippen molar-refractivity contribution in [2.45, 2.75) is 12.5 Å². The number of nitrogens with zero attached hydrogens (tertiary/aromatic N) is 2. The van der Waals surface area contributed by atoms with Gasteiger partial charge in [-0.1, -0.05) is 60.7 Å². The van der Waals surface area contributed by atoms with Crippen molar-refractivity contribution < 1.29 is 29.0 Å². The van der Waals surface area contributed by atoms with Gasteiger partial charge in [-0.05, 0) is 39.9 Å². The van der Waals surface area contributed by atoms with E-state index in [4.69, 9.17) is 9.84 Å². The molecule has 0 atom stereocenters. The monoisotopic (exact) mass is 471 g/mol. The molecule has 1 heterocycles. The van der Waals surface area contributed by atoms with Gasteiger partial charge in [0.15, 0.2) is 0 Å². The lowest BCUT2D eigenvalue weighted by Gasteiger charge is -2.15. The third-order valence-corrected chi connectivity index (χ3v) is 6.17. The summed E-state index contributed by atoms with van der Waals surface area (Å²) in [5.74, 6) is -0.630. The Morgan fingerprint density at radius 3 is 2.09 bits per heavy atom. The molecule has 0 saturated carbocycles. The van der Waals surface area contributed by atoms with Gasteiger partial charge in [0.2, 0.25) is 0 Å². The Kier molecular flexibility index (Phi) is 5.66. The van der Waals surface area contributed by atoms with Crippen molar-refractivity contribution in [2.24, 2.45) is 0 Å². The lowest BCUT2D eigenvalue weighted by atomic mass is 9.98. The number of nitrogens with one attached hydrogen (secondary N) is 1. The van der Waals surface area contributed by atoms with E-state index in [2.05, 4.69) is 17.4 Å². The molecular formula is C26H21N3O6. The number of benzene rings is 3. The third kappa shape index (κ3) is 4.19. The van der Waals surface area contributed by atoms with Gasteiger partial charge in [0.1, 0.15) is 13.2 Å². The molecule has 5 amide bonds. The van der Waals surface area contributed by atoms with E-state index in [-0.39, 0.29) is 19.1 Å². The summed E-state index contributed by atoms with van der Waals surface area (Å²) in [5, 5.41) is 11.7. The molecule has 0 spiro atoms. The Labute approximate surface area is 200 Å². The quantitative estimate of drug-likeness (QED) is 0.530. The number of imide groups is 2. The molecule has 2 N–H and O–H groups in total. The van der Waals surface area contributed by atoms with E-state index in [1.807, 2.05) is 36.4 Å². The number of carbonyl (C=O) groups is 4. The third-order valence-electron chi connectivity index (χ3n) is 6.17. The second kappa shape index (κ2) is 8.94. The van der Waals surface area contributed by atoms with Gasteiger partial charge in [-0.15, -0.1) is 0 Å². The maximum absolute atomic E-state index is 12.5. The molecule has 3 aromatic rings. The minimum absolute atomic E-state index is 0.0450. The Bertz CT molecular complexity index is 1290. The van der Waals surface area contributed by atoms with Crippen molar-refractivity contribution in [3.8, 4) is 11.1 Å². The Balaban J connectivity index is 1.19. The summed E-state index contributed by atoms with van der Waals surface area (Å²) in [6, 6.07) is 21.8. The van der Waals surface area contributed by atoms with E-state index in [9.17, 15) is 19.2 Å². The van der Waals surface area contributed by atoms with Crippen LogP contribution in [0.1, 0.15) is 22.6 Å². The minimum atomic E-state index is -1.46. The highest BCUT2D eigenvalue weighted by atomic mass is 16.5. The number of ether oxygens (including phenoxy) is 1. The van der Waals surface area contributed by atoms with Gasteiger partial charge in [0.25, 0.3) is 5.91 Å². The van der Waals surface area contributed by atoms with Crippen molar-refractivity contribution in [3.63, 3.8) is 0 Å². The molecule has 3 aromatic carbocycles. The van der Waals surface area contributed by atoms with Crippen LogP contribution >= 0.6 is 0 Å². The van der Waals surface area contributed by atoms with Crippen molar-refractivity contribution in [1.29, 1.82) is 0 Å². The zero-order valence-electron chi connectivity index (χ0n) is 18.5. The number of hydrogen-bond acceptors (Lipinski definition) is 5. The molecule has 1 fully saturated rings. The zero-order valence-corrected chi connectivity index (χ0v) is 18.5. The standard InChI is InChI=1S/C26H21N3O6/c30-23-14-29(26(33)34)25(32)28(23)13-16-9-11-17(12-10-16)27-24(31)35-15-22-20-7-3-1-5-18(20)19-6-2-4-8-21(19)22/h1-12,22H,13-15H2,(H,27,31)(H,33,34). The normalized spacial score (nSPS) is 14.6. The maximum atomic E-state index is 12.5. The van der Waals surface area contributed by atoms with Crippen LogP contribution in [0.25, 0.3) is 11.1 Å². The predicted molar refractivity (Wildman–Crippen MR) is 126 cm³/mol. The molecule has 1 aliphatic heterocycles. The average molecular weight is 471 g/mol. The van der Waals surface area contributed by atoms with E-state index in [0.717, 1.165) is 27.2 Å². The number of carbonyl (C=O) groups excluding carboxylic acids is 3. The van der Waals surface area contributed by atoms with E-state index in [1.54, 1.807) is 24.3 Å². The van der Waals surface area contributed by atoms with Gasteiger partial charge >= 0.3 is 18.2 Å². The molecule has 1 aliphatic carbocycles. The van der Waals surface area contributed by atoms with Crippen LogP contribution in [0, 0.1) is 0 Å². The lowest BCUT2D eigenvalue weighted by molar-refractivity contribution is -0.125. The first-order valence-electron chi connectivity index (χ1n) is 11.0. The van der Waals surface area contributed by atoms with Gasteiger partial charge in [-0.3, -0.25) is 15.0 Å². The number of fused-ring (bicyclic) bond motifs is 3. The van der Waals surface area contributed by atoms with E-state index < -0.39 is 30.7 Å². The first-order chi connectivity index (χ1) is 16.9. The summed E-state index contributed by atoms with van der Waals surface area (Å²) in [6.07, 6.45) is -2.06. The molecule has 0 radical (unpaired) electrons. The highest BCUT2D eigenvalue weighted by molar-refractivity contribution is 6.08. The first kappa shape index (κ1) is 22.1. The van der Waals surface area contributed by atoms with E-state index >= 15 is 0 Å². The fourth-order valence-electron chi connectivity index (χ4n) is 4.47. The molecule has 2 aliphatic rings. The molecular weight excluding hydrogens is 450 g/mol. The highest BCUT2D eigenvalue weighted by Crippen LogP contribution is 2.44. The first-order valence-corrected chi connectivity index (χ1v) is 11.0. The van der Waals surface area contributed by atoms with Crippen molar-refractivity contribution >= 4 is 29.8 Å². The second-order valence-corrected chi connectivity index (χ2v) is 8.28. The SMILES string of the molecule is O=C(Nc1ccc(CN2C(=O)CN(C(=O)O)C2=O)cc1)OCC1c2ccccc2-c2ccccc21. The van der Waals surface area contributed by atoms with Crippen LogP contribution < -0.4 is 5.32 Å². The Morgan fingerprint density at radius 1 is 0.914 bits per heavy atom. The number of carboxylic acid groups (broad SMARTS) is 1. The summed E-state index contributed by atoms with van der Waals surface area (Å²) < 4.78 is 5.54. The number of urea groups is 1. The van der Waals surface area contributed by atoms with Crippen molar-refractivity contribution in [3.05, 3.63) is 89.5 Å². The minimum Gasteiger partial charge on any atom is -0.465 e. The predicted octanol–water partition coefficient (Wildman–Crippen LogP) is 4.49. The van der Waals surface area contributed by atoms with Crippen LogP contribution in [0.3, 0.4) is 0 Å². The fourth-order valence-corrected chi connectivity index (χ4v) is 4.47. The summed E-state index contributed by atoms with van der Waals surface area (Å²) in [5.41, 5.74) is 5.63. The molecule has 5 rings (SSSR count). The van der Waals surface area contributed by atoms with Crippen LogP contribution in [0.4, 0.5) is 20.1 Å². The average Bonchev–Trinajstić information content (AvgIpc) is 3.33. The van der Waals surface area contributed by atoms with Gasteiger partial charge in [0, 0.05) is 11.6 Å². The number of rotatable bonds is 5. The Hall–Kier alpha value is -4.66. The van der Waals surface area contributed by atoms with Gasteiger partial charge < -0.3 is 9.84 Å². The van der Waals surface area contributed by atoms with E-state index in [1.165, 1.54) is 0 Å². The zero-order chi connectivity index (χ0) is 24.5. The highest BCUT2D eigenvalue weighted by Gasteiger charge is 2.39. The molecule has 9 heteroatoms. The lowest BCUT2D eigenvalue weighted by Crippen LogP contribution is -2.35. The maximum Gasteiger partial charge on any atom is 0.416 e. The molecule has 0 unspecified atom stereocenters. The second-order valence-electron chi connectivity index (χ2n) is 8.28. The number of anilines is 1. The summed E-state index contributed by atoms with van der Waals surface area (Å²) in [7, 11) is 0. The number of hydrogen-bond donors (Lipinski definition) is 2. The Morgan fingerprint density at radius 2 is 1.51 bits per heavy atom. The van der Waals surface area contributed by atoms with Crippen LogP contribution in [-0.2, 0) is 16.1 Å². The number of amides is 5. The molecule has 9 nitrogen and oxygen atoms in total. The van der Waals surface area contributed by atoms with Crippen LogP contribution in [0.2, 0.25) is 0 Å². The molecule has 35 heavy (non-hydrogen) atoms. The largest absolute Gasteiger partial charge is 0.465 e. The van der Waals surface area contributed by atoms with E-state index in [0.29, 0.717) is 16.2 Å². The molecule has 0 aromatic heterocycles. The molecule has 0 bridgehead atoms. The van der Waals surface area contributed by atoms with Crippen molar-refractivity contribution in [2.75, 3.05) is 18.5 Å². The van der Waals surface area contributed by atoms with Crippen LogP contribution in [0.15, 0.2) is 72.8 Å². The summed E-state index contributed by atoms with van der Waals surface area (Å²) >= 11 is 0. The smallest absolute Gasteiger partial charge is 0.416 e. The topological polar surface area (TPSA) is 116 Å². The van der Waals surface area contributed by atoms with Gasteiger partial charge in [-0.2, -0.15) is 0 Å². The van der Waals surface area contributed by atoms with Gasteiger partial charge in [-0.25, -0.2) is 19.3 Å². The van der Waals surface area contributed by atoms with Gasteiger partial charge in [0.05, 0.1) is 6.54 Å². The molecule has 1 saturated heterocycles. The summed E-state index contributed by atoms with van der Waals surface area (Å²) in [4.78, 5) is 48.9. The van der Waals surface area contributed by atoms with Crippen molar-refractivity contribution in [1.82, 2.24) is 9.80 Å². The van der Waals surface area contributed by atoms with Crippen LogP contribution in [-0.4, -0.2) is 52.2 Å². The molecule has 176 valence electrons. The fraction of sp³-hybridized carbons (Fsp3) is 0.154. The van der Waals surface area contributed by atoms with Crippen LogP contribution in [0.5, 0.6) is 0 Å².